The Morgan fingerprint density at radius 3 is 1.79 bits per heavy atom. The van der Waals surface area contributed by atoms with Crippen LogP contribution in [0.2, 0.25) is 0 Å². The summed E-state index contributed by atoms with van der Waals surface area (Å²) in [6.45, 7) is 0.158. The average molecular weight is 543 g/mol. The van der Waals surface area contributed by atoms with Gasteiger partial charge in [-0.25, -0.2) is 0 Å². The fourth-order valence-corrected chi connectivity index (χ4v) is 8.65. The van der Waals surface area contributed by atoms with Crippen molar-refractivity contribution in [1.29, 1.82) is 0 Å². The van der Waals surface area contributed by atoms with E-state index in [9.17, 15) is 5.11 Å². The van der Waals surface area contributed by atoms with Gasteiger partial charge in [0, 0.05) is 0 Å². The van der Waals surface area contributed by atoms with E-state index in [1.807, 2.05) is 85.2 Å². The molecule has 0 spiro atoms. The zero-order valence-corrected chi connectivity index (χ0v) is 21.5. The van der Waals surface area contributed by atoms with Crippen LogP contribution in [0, 0.1) is 0 Å². The molecule has 0 saturated carbocycles. The molecule has 4 rings (SSSR count). The summed E-state index contributed by atoms with van der Waals surface area (Å²) < 4.78 is 12.7. The monoisotopic (exact) mass is 544 g/mol. The maximum absolute atomic E-state index is 9.24. The number of nitrogens with zero attached hydrogens (tertiary/aromatic N) is 2. The van der Waals surface area contributed by atoms with E-state index in [0.29, 0.717) is 18.4 Å². The van der Waals surface area contributed by atoms with Crippen molar-refractivity contribution in [3.63, 3.8) is 0 Å². The zero-order chi connectivity index (χ0) is 22.9. The molecule has 0 unspecified atom stereocenters. The Kier molecular flexibility index (Phi) is 8.60. The van der Waals surface area contributed by atoms with Gasteiger partial charge < -0.3 is 0 Å². The Balaban J connectivity index is 1.74. The molecule has 0 bridgehead atoms. The summed E-state index contributed by atoms with van der Waals surface area (Å²) in [7, 11) is 0. The van der Waals surface area contributed by atoms with E-state index in [-0.39, 0.29) is 6.61 Å². The number of aliphatic hydroxyl groups is 1. The molecule has 0 aliphatic carbocycles. The van der Waals surface area contributed by atoms with Crippen LogP contribution < -0.4 is 9.47 Å². The molecule has 3 aromatic carbocycles. The summed E-state index contributed by atoms with van der Waals surface area (Å²) in [6, 6.07) is 23.6. The zero-order valence-electron chi connectivity index (χ0n) is 18.0. The van der Waals surface area contributed by atoms with Crippen LogP contribution in [0.3, 0.4) is 0 Å². The summed E-state index contributed by atoms with van der Waals surface area (Å²) in [5.74, 6) is 2.25. The van der Waals surface area contributed by atoms with E-state index in [4.69, 9.17) is 19.5 Å². The molecular weight excluding hydrogens is 518 g/mol. The molecule has 1 heterocycles. The van der Waals surface area contributed by atoms with E-state index in [2.05, 4.69) is 15.1 Å². The van der Waals surface area contributed by atoms with Crippen LogP contribution in [0.25, 0.3) is 0 Å². The minimum absolute atomic E-state index is 0.158. The summed E-state index contributed by atoms with van der Waals surface area (Å²) in [4.78, 5) is 9.42. The van der Waals surface area contributed by atoms with E-state index in [1.165, 1.54) is 0 Å². The van der Waals surface area contributed by atoms with Crippen molar-refractivity contribution in [3.8, 4) is 11.5 Å². The molecule has 0 fully saturated rings. The summed E-state index contributed by atoms with van der Waals surface area (Å²) >= 11 is 5.13. The first-order chi connectivity index (χ1) is 16.2. The van der Waals surface area contributed by atoms with Gasteiger partial charge in [-0.1, -0.05) is 0 Å². The van der Waals surface area contributed by atoms with Crippen molar-refractivity contribution >= 4 is 56.2 Å². The number of benzene rings is 3. The van der Waals surface area contributed by atoms with Crippen LogP contribution in [0.4, 0.5) is 11.4 Å². The Morgan fingerprint density at radius 2 is 1.27 bits per heavy atom. The second kappa shape index (κ2) is 11.8. The number of hydrogen-bond donors (Lipinski definition) is 1. The number of aliphatic hydroxyl groups excluding tert-OH is 1. The second-order valence-corrected chi connectivity index (χ2v) is 16.8. The van der Waals surface area contributed by atoms with Gasteiger partial charge in [-0.15, -0.1) is 0 Å². The number of fused-ring (bicyclic) bond motifs is 3. The summed E-state index contributed by atoms with van der Waals surface area (Å²) in [5.41, 5.74) is 2.47. The van der Waals surface area contributed by atoms with Gasteiger partial charge in [0.25, 0.3) is 0 Å². The van der Waals surface area contributed by atoms with Crippen LogP contribution in [0.5, 0.6) is 11.5 Å². The van der Waals surface area contributed by atoms with Crippen LogP contribution in [-0.2, 0) is 0 Å². The maximum atomic E-state index is 9.24. The van der Waals surface area contributed by atoms with Gasteiger partial charge >= 0.3 is 207 Å². The second-order valence-electron chi connectivity index (χ2n) is 7.45. The van der Waals surface area contributed by atoms with Crippen LogP contribution in [0.1, 0.15) is 11.1 Å². The first-order valence-corrected chi connectivity index (χ1v) is 16.2. The van der Waals surface area contributed by atoms with Gasteiger partial charge in [-0.05, 0) is 0 Å². The van der Waals surface area contributed by atoms with Crippen molar-refractivity contribution < 1.29 is 14.6 Å². The van der Waals surface area contributed by atoms with Crippen molar-refractivity contribution in [2.24, 2.45) is 9.98 Å². The van der Waals surface area contributed by atoms with Gasteiger partial charge in [0.05, 0.1) is 0 Å². The van der Waals surface area contributed by atoms with Crippen LogP contribution >= 0.6 is 17.3 Å². The van der Waals surface area contributed by atoms with Crippen LogP contribution in [0.15, 0.2) is 82.8 Å². The molecule has 5 nitrogen and oxygen atoms in total. The molecule has 170 valence electrons. The van der Waals surface area contributed by atoms with Gasteiger partial charge in [0.1, 0.15) is 0 Å². The van der Waals surface area contributed by atoms with Gasteiger partial charge in [0.15, 0.2) is 0 Å². The number of para-hydroxylation sites is 4. The van der Waals surface area contributed by atoms with Crippen molar-refractivity contribution in [2.75, 3.05) is 30.5 Å². The summed E-state index contributed by atoms with van der Waals surface area (Å²) in [5, 5.41) is 9.24. The molecule has 33 heavy (non-hydrogen) atoms. The molecule has 1 aliphatic heterocycles. The number of hydrogen-bond acceptors (Lipinski definition) is 6. The third-order valence-electron chi connectivity index (χ3n) is 4.88. The molecule has 0 amide bonds. The van der Waals surface area contributed by atoms with Gasteiger partial charge in [-0.2, -0.15) is 0 Å². The number of ether oxygens (including phenoxy) is 2. The third kappa shape index (κ3) is 6.69. The Hall–Kier alpha value is -2.14. The molecule has 8 heteroatoms. The normalized spacial score (nSPS) is 18.0. The predicted molar refractivity (Wildman–Crippen MR) is 142 cm³/mol. The fraction of sp³-hybridized carbons (Fsp3) is 0.200. The van der Waals surface area contributed by atoms with E-state index in [0.717, 1.165) is 39.5 Å². The standard InChI is InChI=1S/C25H25N2O3PSSe/c28-13-14-32-19-31(33)17-29-24-11-5-1-7-20(24)15-26-22-9-3-4-10-23(22)27-16-21-8-2-6-12-25(21)30-18-31/h1-12,15-16,28H,13-14,17-19H2. The average Bonchev–Trinajstić information content (AvgIpc) is 2.85. The van der Waals surface area contributed by atoms with E-state index < -0.39 is 5.51 Å². The van der Waals surface area contributed by atoms with E-state index in [1.54, 1.807) is 11.8 Å². The molecule has 0 aromatic heterocycles. The minimum atomic E-state index is -1.76. The Labute approximate surface area is 206 Å². The molecule has 3 aromatic rings. The molecule has 1 aliphatic rings. The molecule has 0 saturated heterocycles. The van der Waals surface area contributed by atoms with Crippen LogP contribution in [-0.4, -0.2) is 63.2 Å². The molecule has 0 radical (unpaired) electrons. The fourth-order valence-electron chi connectivity index (χ4n) is 3.18. The number of aliphatic imine (C=N–C) groups is 2. The Morgan fingerprint density at radius 1 is 0.788 bits per heavy atom. The first-order valence-electron chi connectivity index (χ1n) is 10.5. The van der Waals surface area contributed by atoms with Crippen molar-refractivity contribution in [3.05, 3.63) is 83.9 Å². The number of rotatable bonds is 4. The first kappa shape index (κ1) is 24.0. The quantitative estimate of drug-likeness (QED) is 0.262. The Bertz CT molecular complexity index is 1120. The van der Waals surface area contributed by atoms with E-state index >= 15 is 0 Å². The molecule has 1 N–H and O–H groups in total. The van der Waals surface area contributed by atoms with Crippen molar-refractivity contribution in [1.82, 2.24) is 0 Å². The molecular formula is C25H25N2O3PSSe. The third-order valence-corrected chi connectivity index (χ3v) is 12.5. The SMILES string of the molecule is OCCSCP1(=[Se])COc2ccccc2C=Nc2ccccc2N=Cc2ccccc2OC1. The predicted octanol–water partition coefficient (Wildman–Crippen LogP) is 5.66. The van der Waals surface area contributed by atoms with Crippen molar-refractivity contribution in [2.45, 2.75) is 0 Å². The summed E-state index contributed by atoms with van der Waals surface area (Å²) in [6.07, 6.45) is 4.72. The number of thioether (sulfide) groups is 1. The molecule has 0 atom stereocenters. The van der Waals surface area contributed by atoms with Gasteiger partial charge in [-0.3, -0.25) is 0 Å². The topological polar surface area (TPSA) is 63.4 Å². The van der Waals surface area contributed by atoms with Gasteiger partial charge in [0.2, 0.25) is 0 Å².